The van der Waals surface area contributed by atoms with Gasteiger partial charge in [0.25, 0.3) is 0 Å². The van der Waals surface area contributed by atoms with Crippen LogP contribution in [0.15, 0.2) is 10.4 Å². The zero-order chi connectivity index (χ0) is 17.7. The van der Waals surface area contributed by atoms with Crippen LogP contribution in [0.4, 0.5) is 0 Å². The maximum Gasteiger partial charge on any atom is 0.191 e. The van der Waals surface area contributed by atoms with Gasteiger partial charge in [-0.25, -0.2) is 4.98 Å². The molecule has 2 rings (SSSR count). The minimum atomic E-state index is 0.110. The van der Waals surface area contributed by atoms with E-state index < -0.39 is 0 Å². The number of rotatable bonds is 4. The summed E-state index contributed by atoms with van der Waals surface area (Å²) in [6.45, 7) is 14.2. The SMILES string of the molecule is CN=C(NCc1nc(C(C)(C)C)cs1)NC1CCN(C(C)C)CC1. The van der Waals surface area contributed by atoms with E-state index in [1.807, 2.05) is 7.05 Å². The highest BCUT2D eigenvalue weighted by atomic mass is 32.1. The van der Waals surface area contributed by atoms with Crippen molar-refractivity contribution in [3.05, 3.63) is 16.1 Å². The van der Waals surface area contributed by atoms with Crippen LogP contribution in [-0.2, 0) is 12.0 Å². The third-order valence-corrected chi connectivity index (χ3v) is 5.40. The van der Waals surface area contributed by atoms with Crippen molar-refractivity contribution in [2.24, 2.45) is 4.99 Å². The fourth-order valence-corrected chi connectivity index (χ4v) is 3.80. The van der Waals surface area contributed by atoms with E-state index in [4.69, 9.17) is 4.98 Å². The van der Waals surface area contributed by atoms with Crippen molar-refractivity contribution in [2.75, 3.05) is 20.1 Å². The molecule has 0 saturated carbocycles. The van der Waals surface area contributed by atoms with Crippen LogP contribution in [0.3, 0.4) is 0 Å². The number of hydrogen-bond donors (Lipinski definition) is 2. The van der Waals surface area contributed by atoms with Crippen LogP contribution in [-0.4, -0.2) is 48.1 Å². The summed E-state index contributed by atoms with van der Waals surface area (Å²) in [4.78, 5) is 11.6. The van der Waals surface area contributed by atoms with Crippen LogP contribution in [0.2, 0.25) is 0 Å². The molecule has 0 aliphatic carbocycles. The van der Waals surface area contributed by atoms with Crippen molar-refractivity contribution in [2.45, 2.75) is 71.5 Å². The molecular formula is C18H33N5S. The highest BCUT2D eigenvalue weighted by Gasteiger charge is 2.21. The topological polar surface area (TPSA) is 52.6 Å². The Bertz CT molecular complexity index is 536. The lowest BCUT2D eigenvalue weighted by atomic mass is 9.93. The van der Waals surface area contributed by atoms with Gasteiger partial charge in [0, 0.05) is 43.0 Å². The van der Waals surface area contributed by atoms with Gasteiger partial charge in [0.1, 0.15) is 5.01 Å². The molecule has 136 valence electrons. The Morgan fingerprint density at radius 2 is 2.04 bits per heavy atom. The molecule has 0 unspecified atom stereocenters. The Balaban J connectivity index is 1.80. The molecule has 0 aromatic carbocycles. The summed E-state index contributed by atoms with van der Waals surface area (Å²) in [6.07, 6.45) is 2.34. The first kappa shape index (κ1) is 19.2. The molecule has 0 amide bonds. The summed E-state index contributed by atoms with van der Waals surface area (Å²) < 4.78 is 0. The molecule has 1 aromatic heterocycles. The Morgan fingerprint density at radius 1 is 1.38 bits per heavy atom. The van der Waals surface area contributed by atoms with Gasteiger partial charge in [-0.05, 0) is 26.7 Å². The summed E-state index contributed by atoms with van der Waals surface area (Å²) in [5.74, 6) is 0.880. The summed E-state index contributed by atoms with van der Waals surface area (Å²) in [6, 6.07) is 1.15. The van der Waals surface area contributed by atoms with Crippen molar-refractivity contribution < 1.29 is 0 Å². The van der Waals surface area contributed by atoms with Gasteiger partial charge < -0.3 is 15.5 Å². The van der Waals surface area contributed by atoms with E-state index in [9.17, 15) is 0 Å². The number of thiazole rings is 1. The normalized spacial score (nSPS) is 18.2. The number of nitrogens with one attached hydrogen (secondary N) is 2. The van der Waals surface area contributed by atoms with Crippen molar-refractivity contribution in [3.8, 4) is 0 Å². The molecular weight excluding hydrogens is 318 g/mol. The monoisotopic (exact) mass is 351 g/mol. The third-order valence-electron chi connectivity index (χ3n) is 4.55. The van der Waals surface area contributed by atoms with E-state index >= 15 is 0 Å². The fraction of sp³-hybridized carbons (Fsp3) is 0.778. The van der Waals surface area contributed by atoms with Crippen molar-refractivity contribution in [1.82, 2.24) is 20.5 Å². The lowest BCUT2D eigenvalue weighted by molar-refractivity contribution is 0.167. The van der Waals surface area contributed by atoms with Crippen LogP contribution in [0.25, 0.3) is 0 Å². The second-order valence-corrected chi connectivity index (χ2v) is 8.79. The average Bonchev–Trinajstić information content (AvgIpc) is 3.01. The van der Waals surface area contributed by atoms with Gasteiger partial charge in [0.15, 0.2) is 5.96 Å². The first-order valence-corrected chi connectivity index (χ1v) is 9.83. The second kappa shape index (κ2) is 8.30. The number of aromatic nitrogens is 1. The highest BCUT2D eigenvalue weighted by molar-refractivity contribution is 7.09. The Morgan fingerprint density at radius 3 is 2.54 bits per heavy atom. The van der Waals surface area contributed by atoms with Crippen molar-refractivity contribution in [1.29, 1.82) is 0 Å². The molecule has 24 heavy (non-hydrogen) atoms. The molecule has 0 radical (unpaired) electrons. The number of piperidine rings is 1. The van der Waals surface area contributed by atoms with Crippen LogP contribution in [0.1, 0.15) is 58.2 Å². The molecule has 1 aromatic rings. The molecule has 1 aliphatic rings. The molecule has 6 heteroatoms. The molecule has 1 aliphatic heterocycles. The Kier molecular flexibility index (Phi) is 6.63. The maximum atomic E-state index is 4.73. The first-order valence-electron chi connectivity index (χ1n) is 8.95. The standard InChI is InChI=1S/C18H33N5S/c1-13(2)23-9-7-14(8-10-23)21-17(19-6)20-11-16-22-15(12-24-16)18(3,4)5/h12-14H,7-11H2,1-6H3,(H2,19,20,21). The number of guanidine groups is 1. The van der Waals surface area contributed by atoms with Gasteiger partial charge in [-0.3, -0.25) is 4.99 Å². The minimum Gasteiger partial charge on any atom is -0.354 e. The van der Waals surface area contributed by atoms with E-state index in [1.54, 1.807) is 11.3 Å². The van der Waals surface area contributed by atoms with Gasteiger partial charge in [0.2, 0.25) is 0 Å². The fourth-order valence-electron chi connectivity index (χ4n) is 2.84. The zero-order valence-electron chi connectivity index (χ0n) is 16.0. The molecule has 1 saturated heterocycles. The van der Waals surface area contributed by atoms with E-state index in [2.05, 4.69) is 60.5 Å². The zero-order valence-corrected chi connectivity index (χ0v) is 16.8. The van der Waals surface area contributed by atoms with Crippen LogP contribution in [0.5, 0.6) is 0 Å². The van der Waals surface area contributed by atoms with Gasteiger partial charge in [-0.15, -0.1) is 11.3 Å². The van der Waals surface area contributed by atoms with E-state index in [-0.39, 0.29) is 5.41 Å². The predicted molar refractivity (Wildman–Crippen MR) is 104 cm³/mol. The smallest absolute Gasteiger partial charge is 0.191 e. The highest BCUT2D eigenvalue weighted by Crippen LogP contribution is 2.23. The number of likely N-dealkylation sites (tertiary alicyclic amines) is 1. The molecule has 2 heterocycles. The minimum absolute atomic E-state index is 0.110. The van der Waals surface area contributed by atoms with Crippen molar-refractivity contribution in [3.63, 3.8) is 0 Å². The average molecular weight is 352 g/mol. The van der Waals surface area contributed by atoms with Gasteiger partial charge in [-0.2, -0.15) is 0 Å². The predicted octanol–water partition coefficient (Wildman–Crippen LogP) is 2.98. The van der Waals surface area contributed by atoms with E-state index in [1.165, 1.54) is 12.8 Å². The summed E-state index contributed by atoms with van der Waals surface area (Å²) in [7, 11) is 1.83. The maximum absolute atomic E-state index is 4.73. The number of aliphatic imine (C=N–C) groups is 1. The van der Waals surface area contributed by atoms with Crippen LogP contribution in [0, 0.1) is 0 Å². The quantitative estimate of drug-likeness (QED) is 0.647. The van der Waals surface area contributed by atoms with E-state index in [0.29, 0.717) is 12.1 Å². The lowest BCUT2D eigenvalue weighted by Crippen LogP contribution is -2.49. The van der Waals surface area contributed by atoms with E-state index in [0.717, 1.165) is 36.3 Å². The van der Waals surface area contributed by atoms with Crippen molar-refractivity contribution >= 4 is 17.3 Å². The van der Waals surface area contributed by atoms with Gasteiger partial charge in [0.05, 0.1) is 12.2 Å². The first-order chi connectivity index (χ1) is 11.3. The lowest BCUT2D eigenvalue weighted by Gasteiger charge is -2.35. The summed E-state index contributed by atoms with van der Waals surface area (Å²) >= 11 is 1.72. The largest absolute Gasteiger partial charge is 0.354 e. The molecule has 0 atom stereocenters. The summed E-state index contributed by atoms with van der Waals surface area (Å²) in [5, 5.41) is 10.2. The number of hydrogen-bond acceptors (Lipinski definition) is 4. The Hall–Kier alpha value is -1.14. The third kappa shape index (κ3) is 5.45. The second-order valence-electron chi connectivity index (χ2n) is 7.85. The molecule has 2 N–H and O–H groups in total. The summed E-state index contributed by atoms with van der Waals surface area (Å²) in [5.41, 5.74) is 1.27. The van der Waals surface area contributed by atoms with Crippen LogP contribution < -0.4 is 10.6 Å². The molecule has 5 nitrogen and oxygen atoms in total. The number of nitrogens with zero attached hydrogens (tertiary/aromatic N) is 3. The molecule has 1 fully saturated rings. The Labute approximate surface area is 151 Å². The molecule has 0 bridgehead atoms. The van der Waals surface area contributed by atoms with Gasteiger partial charge in [-0.1, -0.05) is 20.8 Å². The van der Waals surface area contributed by atoms with Gasteiger partial charge >= 0.3 is 0 Å². The van der Waals surface area contributed by atoms with Crippen LogP contribution >= 0.6 is 11.3 Å². The molecule has 0 spiro atoms.